The summed E-state index contributed by atoms with van der Waals surface area (Å²) < 4.78 is 6.63. The molecule has 1 aromatic carbocycles. The zero-order valence-corrected chi connectivity index (χ0v) is 20.8. The van der Waals surface area contributed by atoms with Crippen molar-refractivity contribution in [3.05, 3.63) is 28.3 Å². The predicted octanol–water partition coefficient (Wildman–Crippen LogP) is 6.41. The molecule has 180 valence electrons. The third-order valence-corrected chi connectivity index (χ3v) is 8.85. The average Bonchev–Trinajstić information content (AvgIpc) is 3.24. The molecule has 1 heterocycles. The van der Waals surface area contributed by atoms with E-state index in [2.05, 4.69) is 47.6 Å². The Labute approximate surface area is 197 Å². The van der Waals surface area contributed by atoms with Crippen molar-refractivity contribution in [1.82, 2.24) is 0 Å². The second kappa shape index (κ2) is 8.18. The van der Waals surface area contributed by atoms with Gasteiger partial charge in [-0.25, -0.2) is 0 Å². The molecule has 0 aromatic heterocycles. The summed E-state index contributed by atoms with van der Waals surface area (Å²) in [4.78, 5) is 23.8. The van der Waals surface area contributed by atoms with E-state index >= 15 is 0 Å². The van der Waals surface area contributed by atoms with Crippen LogP contribution < -0.4 is 4.74 Å². The molecule has 0 amide bonds. The van der Waals surface area contributed by atoms with E-state index in [4.69, 9.17) is 4.74 Å². The van der Waals surface area contributed by atoms with Gasteiger partial charge in [0.15, 0.2) is 12.6 Å². The number of hydrogen-bond donors (Lipinski definition) is 2. The van der Waals surface area contributed by atoms with Gasteiger partial charge < -0.3 is 14.9 Å². The van der Waals surface area contributed by atoms with Gasteiger partial charge in [-0.3, -0.25) is 9.59 Å². The fraction of sp³-hybridized carbons (Fsp3) is 0.643. The van der Waals surface area contributed by atoms with Crippen LogP contribution in [0.1, 0.15) is 106 Å². The number of carbonyl (C=O) groups excluding carboxylic acids is 2. The number of phenols is 2. The normalized spacial score (nSPS) is 34.1. The summed E-state index contributed by atoms with van der Waals surface area (Å²) in [5.41, 5.74) is 1.39. The average molecular weight is 455 g/mol. The maximum absolute atomic E-state index is 12.0. The van der Waals surface area contributed by atoms with Crippen molar-refractivity contribution in [3.63, 3.8) is 0 Å². The van der Waals surface area contributed by atoms with Crippen LogP contribution in [0.5, 0.6) is 17.2 Å². The molecule has 1 fully saturated rings. The lowest BCUT2D eigenvalue weighted by Crippen LogP contribution is -2.48. The van der Waals surface area contributed by atoms with Gasteiger partial charge in [0.25, 0.3) is 0 Å². The number of allylic oxidation sites excluding steroid dienone is 2. The highest BCUT2D eigenvalue weighted by Gasteiger charge is 2.57. The minimum Gasteiger partial charge on any atom is -0.507 e. The van der Waals surface area contributed by atoms with Crippen LogP contribution in [0, 0.1) is 29.1 Å². The summed E-state index contributed by atoms with van der Waals surface area (Å²) >= 11 is 0. The second-order valence-corrected chi connectivity index (χ2v) is 11.8. The number of benzene rings is 1. The van der Waals surface area contributed by atoms with Gasteiger partial charge in [-0.2, -0.15) is 0 Å². The highest BCUT2D eigenvalue weighted by Crippen LogP contribution is 2.64. The van der Waals surface area contributed by atoms with E-state index in [0.717, 1.165) is 32.1 Å². The van der Waals surface area contributed by atoms with Gasteiger partial charge in [0.05, 0.1) is 11.1 Å². The monoisotopic (exact) mass is 454 g/mol. The lowest BCUT2D eigenvalue weighted by Gasteiger charge is -2.49. The maximum Gasteiger partial charge on any atom is 0.157 e. The van der Waals surface area contributed by atoms with E-state index in [0.29, 0.717) is 35.9 Å². The van der Waals surface area contributed by atoms with Gasteiger partial charge in [0, 0.05) is 11.5 Å². The van der Waals surface area contributed by atoms with Crippen LogP contribution in [0.15, 0.2) is 11.6 Å². The van der Waals surface area contributed by atoms with Crippen molar-refractivity contribution in [2.45, 2.75) is 85.2 Å². The molecule has 1 aromatic rings. The zero-order chi connectivity index (χ0) is 24.3. The summed E-state index contributed by atoms with van der Waals surface area (Å²) in [5, 5.41) is 21.7. The number of phenolic OH excluding ortho intramolecular Hbond substituents is 2. The van der Waals surface area contributed by atoms with Crippen LogP contribution in [0.4, 0.5) is 0 Å². The van der Waals surface area contributed by atoms with Gasteiger partial charge >= 0.3 is 0 Å². The minimum absolute atomic E-state index is 0.0314. The highest BCUT2D eigenvalue weighted by atomic mass is 16.5. The number of hydrogen-bond acceptors (Lipinski definition) is 5. The Balaban J connectivity index is 1.89. The molecule has 1 saturated carbocycles. The molecule has 0 radical (unpaired) electrons. The van der Waals surface area contributed by atoms with Crippen LogP contribution in [-0.2, 0) is 0 Å². The molecule has 0 unspecified atom stereocenters. The first-order chi connectivity index (χ1) is 15.5. The van der Waals surface area contributed by atoms with Gasteiger partial charge in [-0.15, -0.1) is 0 Å². The molecule has 5 nitrogen and oxygen atoms in total. The van der Waals surface area contributed by atoms with Crippen molar-refractivity contribution in [2.24, 2.45) is 29.1 Å². The Morgan fingerprint density at radius 2 is 1.73 bits per heavy atom. The zero-order valence-electron chi connectivity index (χ0n) is 20.8. The molecular weight excluding hydrogens is 416 g/mol. The Hall–Kier alpha value is -2.30. The van der Waals surface area contributed by atoms with E-state index in [1.54, 1.807) is 0 Å². The number of aromatic hydroxyl groups is 2. The van der Waals surface area contributed by atoms with Crippen LogP contribution >= 0.6 is 0 Å². The largest absolute Gasteiger partial charge is 0.507 e. The lowest BCUT2D eigenvalue weighted by molar-refractivity contribution is -0.0253. The Kier molecular flexibility index (Phi) is 5.91. The first-order valence-electron chi connectivity index (χ1n) is 12.3. The summed E-state index contributed by atoms with van der Waals surface area (Å²) in [5.74, 6) is 1.08. The minimum atomic E-state index is -0.535. The number of rotatable bonds is 4. The molecule has 3 aliphatic rings. The third-order valence-electron chi connectivity index (χ3n) is 8.85. The van der Waals surface area contributed by atoms with E-state index < -0.39 is 11.4 Å². The van der Waals surface area contributed by atoms with Crippen molar-refractivity contribution in [2.75, 3.05) is 0 Å². The van der Waals surface area contributed by atoms with Crippen LogP contribution in [0.25, 0.3) is 0 Å². The molecule has 1 aliphatic heterocycles. The molecule has 2 aliphatic carbocycles. The predicted molar refractivity (Wildman–Crippen MR) is 128 cm³/mol. The standard InChI is InChI=1S/C28H38O5/c1-15(2)11-17-20-8-7-16(3)12-22-21(27(22,4)5)9-10-28(20,6)33-26-19(14-30)24(31)18(13-29)25(32)23(17)26/h12-15,17,20-22,31-32H,7-11H2,1-6H3/b16-12+/t17-,20+,21+,22-,28-/m1/s1. The highest BCUT2D eigenvalue weighted by molar-refractivity contribution is 5.95. The molecule has 0 bridgehead atoms. The second-order valence-electron chi connectivity index (χ2n) is 11.8. The van der Waals surface area contributed by atoms with E-state index in [-0.39, 0.29) is 39.9 Å². The summed E-state index contributed by atoms with van der Waals surface area (Å²) in [6.07, 6.45) is 7.96. The molecule has 0 spiro atoms. The Morgan fingerprint density at radius 1 is 1.06 bits per heavy atom. The van der Waals surface area contributed by atoms with Crippen LogP contribution in [0.2, 0.25) is 0 Å². The van der Waals surface area contributed by atoms with Crippen LogP contribution in [-0.4, -0.2) is 28.4 Å². The summed E-state index contributed by atoms with van der Waals surface area (Å²) in [7, 11) is 0. The van der Waals surface area contributed by atoms with E-state index in [1.807, 2.05) is 0 Å². The smallest absolute Gasteiger partial charge is 0.157 e. The van der Waals surface area contributed by atoms with Crippen molar-refractivity contribution in [3.8, 4) is 17.2 Å². The van der Waals surface area contributed by atoms with E-state index in [1.165, 1.54) is 5.57 Å². The quantitative estimate of drug-likeness (QED) is 0.405. The first kappa shape index (κ1) is 23.8. The van der Waals surface area contributed by atoms with Crippen molar-refractivity contribution < 1.29 is 24.5 Å². The van der Waals surface area contributed by atoms with Crippen LogP contribution in [0.3, 0.4) is 0 Å². The van der Waals surface area contributed by atoms with Gasteiger partial charge in [-0.05, 0) is 75.0 Å². The number of carbonyl (C=O) groups is 2. The fourth-order valence-corrected chi connectivity index (χ4v) is 6.79. The first-order valence-corrected chi connectivity index (χ1v) is 12.3. The SMILES string of the molecule is C/C1=C\[C@@H]2[C@H](CC[C@@]3(C)Oc4c(C=O)c(O)c(C=O)c(O)c4[C@H](CC(C)C)[C@@H]3CC1)C2(C)C. The molecule has 0 saturated heterocycles. The Bertz CT molecular complexity index is 1000. The third kappa shape index (κ3) is 3.77. The van der Waals surface area contributed by atoms with Gasteiger partial charge in [0.2, 0.25) is 0 Å². The van der Waals surface area contributed by atoms with Gasteiger partial charge in [-0.1, -0.05) is 39.3 Å². The molecule has 33 heavy (non-hydrogen) atoms. The molecular formula is C28H38O5. The lowest BCUT2D eigenvalue weighted by atomic mass is 9.65. The molecule has 4 rings (SSSR count). The van der Waals surface area contributed by atoms with Gasteiger partial charge in [0.1, 0.15) is 22.8 Å². The molecule has 2 N–H and O–H groups in total. The maximum atomic E-state index is 12.0. The Morgan fingerprint density at radius 3 is 2.33 bits per heavy atom. The van der Waals surface area contributed by atoms with E-state index in [9.17, 15) is 19.8 Å². The molecule has 5 heteroatoms. The molecule has 5 atom stereocenters. The summed E-state index contributed by atoms with van der Waals surface area (Å²) in [6.45, 7) is 13.3. The van der Waals surface area contributed by atoms with Crippen molar-refractivity contribution >= 4 is 12.6 Å². The fourth-order valence-electron chi connectivity index (χ4n) is 6.79. The number of fused-ring (bicyclic) bond motifs is 3. The summed E-state index contributed by atoms with van der Waals surface area (Å²) in [6, 6.07) is 0. The topological polar surface area (TPSA) is 83.8 Å². The number of aldehydes is 2. The van der Waals surface area contributed by atoms with Crippen molar-refractivity contribution in [1.29, 1.82) is 0 Å². The number of ether oxygens (including phenoxy) is 1.